The fraction of sp³-hybridized carbons (Fsp3) is 0.259. The van der Waals surface area contributed by atoms with Gasteiger partial charge >= 0.3 is 5.97 Å². The zero-order valence-electron chi connectivity index (χ0n) is 20.4. The third-order valence-corrected chi connectivity index (χ3v) is 8.87. The van der Waals surface area contributed by atoms with Crippen molar-refractivity contribution in [1.82, 2.24) is 4.90 Å². The van der Waals surface area contributed by atoms with Gasteiger partial charge in [-0.05, 0) is 66.4 Å². The molecule has 1 N–H and O–H groups in total. The van der Waals surface area contributed by atoms with Crippen molar-refractivity contribution in [2.45, 2.75) is 29.6 Å². The first-order valence-corrected chi connectivity index (χ1v) is 14.4. The minimum atomic E-state index is -4.16. The SMILES string of the molecule is COC(=O)C1(c2ccc(Br)cc2)CCN(C(=O)Cc2ccc(NS(=O)(=O)c3ccc(Cl)cc3F)cc2)CC1. The van der Waals surface area contributed by atoms with Gasteiger partial charge in [-0.25, -0.2) is 12.8 Å². The number of benzene rings is 3. The lowest BCUT2D eigenvalue weighted by Crippen LogP contribution is -2.49. The summed E-state index contributed by atoms with van der Waals surface area (Å²) in [6.07, 6.45) is 0.992. The number of ether oxygens (including phenoxy) is 1. The molecule has 0 aliphatic carbocycles. The van der Waals surface area contributed by atoms with Gasteiger partial charge in [0, 0.05) is 28.3 Å². The van der Waals surface area contributed by atoms with Gasteiger partial charge in [0.1, 0.15) is 10.7 Å². The first-order chi connectivity index (χ1) is 18.0. The van der Waals surface area contributed by atoms with Crippen LogP contribution in [0.3, 0.4) is 0 Å². The molecule has 1 aliphatic heterocycles. The number of amides is 1. The molecule has 0 unspecified atom stereocenters. The van der Waals surface area contributed by atoms with E-state index in [0.29, 0.717) is 31.5 Å². The minimum Gasteiger partial charge on any atom is -0.468 e. The molecule has 0 aromatic heterocycles. The van der Waals surface area contributed by atoms with Crippen LogP contribution in [0.2, 0.25) is 5.02 Å². The van der Waals surface area contributed by atoms with Gasteiger partial charge in [0.15, 0.2) is 0 Å². The average Bonchev–Trinajstić information content (AvgIpc) is 2.89. The topological polar surface area (TPSA) is 92.8 Å². The molecule has 1 saturated heterocycles. The molecule has 0 radical (unpaired) electrons. The van der Waals surface area contributed by atoms with E-state index < -0.39 is 26.2 Å². The lowest BCUT2D eigenvalue weighted by atomic mass is 9.72. The number of esters is 1. The summed E-state index contributed by atoms with van der Waals surface area (Å²) in [5.41, 5.74) is 0.963. The number of halogens is 3. The van der Waals surface area contributed by atoms with Crippen molar-refractivity contribution in [2.75, 3.05) is 24.9 Å². The maximum Gasteiger partial charge on any atom is 0.316 e. The van der Waals surface area contributed by atoms with Crippen molar-refractivity contribution in [3.63, 3.8) is 0 Å². The summed E-state index contributed by atoms with van der Waals surface area (Å²) in [7, 11) is -2.79. The Morgan fingerprint density at radius 1 is 1.05 bits per heavy atom. The number of piperidine rings is 1. The first-order valence-electron chi connectivity index (χ1n) is 11.7. The Kier molecular flexibility index (Phi) is 8.44. The molecule has 1 fully saturated rings. The van der Waals surface area contributed by atoms with Crippen molar-refractivity contribution in [3.8, 4) is 0 Å². The van der Waals surface area contributed by atoms with Crippen LogP contribution in [0.1, 0.15) is 24.0 Å². The Balaban J connectivity index is 1.39. The molecule has 1 heterocycles. The van der Waals surface area contributed by atoms with Gasteiger partial charge < -0.3 is 9.64 Å². The van der Waals surface area contributed by atoms with Gasteiger partial charge in [0.25, 0.3) is 10.0 Å². The summed E-state index contributed by atoms with van der Waals surface area (Å²) in [6, 6.07) is 17.2. The molecule has 0 saturated carbocycles. The largest absolute Gasteiger partial charge is 0.468 e. The van der Waals surface area contributed by atoms with Gasteiger partial charge in [-0.3, -0.25) is 14.3 Å². The van der Waals surface area contributed by atoms with E-state index in [9.17, 15) is 22.4 Å². The molecule has 3 aromatic rings. The summed E-state index contributed by atoms with van der Waals surface area (Å²) >= 11 is 9.12. The van der Waals surface area contributed by atoms with E-state index in [4.69, 9.17) is 16.3 Å². The summed E-state index contributed by atoms with van der Waals surface area (Å²) in [5.74, 6) is -1.37. The summed E-state index contributed by atoms with van der Waals surface area (Å²) < 4.78 is 47.6. The molecule has 0 spiro atoms. The molecule has 3 aromatic carbocycles. The highest BCUT2D eigenvalue weighted by molar-refractivity contribution is 9.10. The van der Waals surface area contributed by atoms with E-state index in [0.717, 1.165) is 22.2 Å². The number of nitrogens with zero attached hydrogens (tertiary/aromatic N) is 1. The number of rotatable bonds is 7. The van der Waals surface area contributed by atoms with E-state index in [-0.39, 0.29) is 29.0 Å². The molecule has 1 amide bonds. The second-order valence-corrected chi connectivity index (χ2v) is 12.0. The Morgan fingerprint density at radius 2 is 1.68 bits per heavy atom. The molecule has 200 valence electrons. The predicted molar refractivity (Wildman–Crippen MR) is 146 cm³/mol. The van der Waals surface area contributed by atoms with Crippen molar-refractivity contribution in [2.24, 2.45) is 0 Å². The second-order valence-electron chi connectivity index (χ2n) is 9.02. The quantitative estimate of drug-likeness (QED) is 0.360. The number of hydrogen-bond acceptors (Lipinski definition) is 5. The molecule has 0 bridgehead atoms. The number of anilines is 1. The maximum atomic E-state index is 14.1. The monoisotopic (exact) mass is 622 g/mol. The van der Waals surface area contributed by atoms with Gasteiger partial charge in [-0.15, -0.1) is 0 Å². The van der Waals surface area contributed by atoms with Crippen LogP contribution in [-0.2, 0) is 36.2 Å². The standard InChI is InChI=1S/C27H25BrClFN2O5S/c1-37-26(34)27(19-4-6-20(28)7-5-19)12-14-32(15-13-27)25(33)16-18-2-9-22(10-3-18)31-38(35,36)24-11-8-21(29)17-23(24)30/h2-11,17,31H,12-16H2,1H3. The van der Waals surface area contributed by atoms with Crippen LogP contribution in [0.5, 0.6) is 0 Å². The zero-order valence-corrected chi connectivity index (χ0v) is 23.6. The lowest BCUT2D eigenvalue weighted by Gasteiger charge is -2.40. The van der Waals surface area contributed by atoms with E-state index >= 15 is 0 Å². The van der Waals surface area contributed by atoms with Crippen molar-refractivity contribution >= 4 is 55.1 Å². The van der Waals surface area contributed by atoms with Gasteiger partial charge in [0.2, 0.25) is 5.91 Å². The molecule has 38 heavy (non-hydrogen) atoms. The van der Waals surface area contributed by atoms with Crippen LogP contribution in [0.25, 0.3) is 0 Å². The molecule has 7 nitrogen and oxygen atoms in total. The van der Waals surface area contributed by atoms with Crippen LogP contribution in [0.15, 0.2) is 76.1 Å². The molecule has 11 heteroatoms. The predicted octanol–water partition coefficient (Wildman–Crippen LogP) is 5.32. The summed E-state index contributed by atoms with van der Waals surface area (Å²) in [6.45, 7) is 0.795. The molecule has 4 rings (SSSR count). The van der Waals surface area contributed by atoms with Gasteiger partial charge in [-0.2, -0.15) is 0 Å². The number of carbonyl (C=O) groups is 2. The summed E-state index contributed by atoms with van der Waals surface area (Å²) in [5, 5.41) is 0.0912. The Hall–Kier alpha value is -2.95. The van der Waals surface area contributed by atoms with E-state index in [2.05, 4.69) is 20.7 Å². The highest BCUT2D eigenvalue weighted by Crippen LogP contribution is 2.37. The third-order valence-electron chi connectivity index (χ3n) is 6.69. The Morgan fingerprint density at radius 3 is 2.26 bits per heavy atom. The molecule has 1 aliphatic rings. The number of carbonyl (C=O) groups excluding carboxylic acids is 2. The van der Waals surface area contributed by atoms with Crippen LogP contribution < -0.4 is 4.72 Å². The zero-order chi connectivity index (χ0) is 27.5. The van der Waals surface area contributed by atoms with Crippen molar-refractivity contribution in [1.29, 1.82) is 0 Å². The van der Waals surface area contributed by atoms with Gasteiger partial charge in [0.05, 0.1) is 18.9 Å². The van der Waals surface area contributed by atoms with E-state index in [1.54, 1.807) is 17.0 Å². The van der Waals surface area contributed by atoms with Crippen LogP contribution in [0, 0.1) is 5.82 Å². The van der Waals surface area contributed by atoms with E-state index in [1.165, 1.54) is 25.3 Å². The smallest absolute Gasteiger partial charge is 0.316 e. The van der Waals surface area contributed by atoms with Gasteiger partial charge in [-0.1, -0.05) is 51.8 Å². The minimum absolute atomic E-state index is 0.0912. The number of likely N-dealkylation sites (tertiary alicyclic amines) is 1. The fourth-order valence-corrected chi connectivity index (χ4v) is 6.14. The highest BCUT2D eigenvalue weighted by atomic mass is 79.9. The average molecular weight is 624 g/mol. The first kappa shape index (κ1) is 28.1. The van der Waals surface area contributed by atoms with Crippen LogP contribution in [0.4, 0.5) is 10.1 Å². The third kappa shape index (κ3) is 6.03. The fourth-order valence-electron chi connectivity index (χ4n) is 4.59. The molecular formula is C27H25BrClFN2O5S. The normalized spacial score (nSPS) is 15.1. The Labute approximate surface area is 234 Å². The number of sulfonamides is 1. The summed E-state index contributed by atoms with van der Waals surface area (Å²) in [4.78, 5) is 27.0. The molecule has 0 atom stereocenters. The van der Waals surface area contributed by atoms with Crippen molar-refractivity contribution in [3.05, 3.63) is 93.2 Å². The van der Waals surface area contributed by atoms with Crippen molar-refractivity contribution < 1.29 is 27.1 Å². The highest BCUT2D eigenvalue weighted by Gasteiger charge is 2.44. The van der Waals surface area contributed by atoms with E-state index in [1.807, 2.05) is 24.3 Å². The Bertz CT molecular complexity index is 1440. The molecular weight excluding hydrogens is 599 g/mol. The van der Waals surface area contributed by atoms with Crippen LogP contribution >= 0.6 is 27.5 Å². The number of nitrogens with one attached hydrogen (secondary N) is 1. The number of hydrogen-bond donors (Lipinski definition) is 1. The maximum absolute atomic E-state index is 14.1. The second kappa shape index (κ2) is 11.4. The lowest BCUT2D eigenvalue weighted by molar-refractivity contribution is -0.151. The number of methoxy groups -OCH3 is 1. The van der Waals surface area contributed by atoms with Crippen LogP contribution in [-0.4, -0.2) is 45.4 Å².